The Bertz CT molecular complexity index is 684. The number of carbonyl (C=O) groups is 1. The van der Waals surface area contributed by atoms with Crippen molar-refractivity contribution in [3.8, 4) is 5.69 Å². The van der Waals surface area contributed by atoms with Crippen LogP contribution >= 0.6 is 11.8 Å². The second-order valence-corrected chi connectivity index (χ2v) is 5.96. The van der Waals surface area contributed by atoms with Crippen molar-refractivity contribution in [3.05, 3.63) is 35.2 Å². The average Bonchev–Trinajstić information content (AvgIpc) is 2.87. The summed E-state index contributed by atoms with van der Waals surface area (Å²) in [6, 6.07) is 6.24. The zero-order valence-corrected chi connectivity index (χ0v) is 14.3. The van der Waals surface area contributed by atoms with Gasteiger partial charge in [-0.3, -0.25) is 14.2 Å². The Morgan fingerprint density at radius 2 is 2.05 bits per heavy atom. The Hall–Kier alpha value is -1.86. The van der Waals surface area contributed by atoms with Crippen molar-refractivity contribution < 1.29 is 9.63 Å². The Morgan fingerprint density at radius 1 is 1.32 bits per heavy atom. The molecule has 6 nitrogen and oxygen atoms in total. The summed E-state index contributed by atoms with van der Waals surface area (Å²) in [4.78, 5) is 16.7. The number of benzene rings is 1. The minimum atomic E-state index is -0.124. The monoisotopic (exact) mass is 320 g/mol. The number of carbonyl (C=O) groups excluding carboxylic acids is 1. The topological polar surface area (TPSA) is 60.2 Å². The van der Waals surface area contributed by atoms with Gasteiger partial charge in [0.05, 0.1) is 18.6 Å². The van der Waals surface area contributed by atoms with Crippen LogP contribution in [0.4, 0.5) is 0 Å². The molecule has 0 atom stereocenters. The molecule has 1 amide bonds. The molecule has 0 aliphatic heterocycles. The van der Waals surface area contributed by atoms with Crippen molar-refractivity contribution >= 4 is 17.7 Å². The molecule has 1 heterocycles. The van der Waals surface area contributed by atoms with Gasteiger partial charge in [0.1, 0.15) is 5.82 Å². The molecule has 0 saturated heterocycles. The number of nitrogens with zero attached hydrogens (tertiary/aromatic N) is 4. The standard InChI is InChI=1S/C15H20N4O2S/c1-10-6-7-11(2)13(8-10)19-12(3)16-17-15(19)22-9-14(20)18(4)21-5/h6-8H,9H2,1-5H3. The van der Waals surface area contributed by atoms with Crippen LogP contribution in [0.5, 0.6) is 0 Å². The van der Waals surface area contributed by atoms with Crippen LogP contribution < -0.4 is 0 Å². The van der Waals surface area contributed by atoms with E-state index < -0.39 is 0 Å². The molecule has 0 spiro atoms. The van der Waals surface area contributed by atoms with Crippen LogP contribution in [0.15, 0.2) is 23.4 Å². The van der Waals surface area contributed by atoms with Crippen LogP contribution in [-0.2, 0) is 9.63 Å². The van der Waals surface area contributed by atoms with Gasteiger partial charge >= 0.3 is 0 Å². The van der Waals surface area contributed by atoms with Gasteiger partial charge < -0.3 is 0 Å². The Balaban J connectivity index is 2.29. The van der Waals surface area contributed by atoms with E-state index in [-0.39, 0.29) is 11.7 Å². The average molecular weight is 320 g/mol. The summed E-state index contributed by atoms with van der Waals surface area (Å²) in [7, 11) is 3.05. The zero-order valence-electron chi connectivity index (χ0n) is 13.5. The van der Waals surface area contributed by atoms with E-state index >= 15 is 0 Å². The van der Waals surface area contributed by atoms with Gasteiger partial charge in [-0.05, 0) is 38.0 Å². The predicted molar refractivity (Wildman–Crippen MR) is 86.1 cm³/mol. The zero-order chi connectivity index (χ0) is 16.3. The fourth-order valence-corrected chi connectivity index (χ4v) is 2.89. The molecular weight excluding hydrogens is 300 g/mol. The lowest BCUT2D eigenvalue weighted by Crippen LogP contribution is -2.27. The van der Waals surface area contributed by atoms with Crippen molar-refractivity contribution in [1.29, 1.82) is 0 Å². The van der Waals surface area contributed by atoms with Crippen LogP contribution in [0, 0.1) is 20.8 Å². The van der Waals surface area contributed by atoms with Gasteiger partial charge in [-0.2, -0.15) is 0 Å². The maximum absolute atomic E-state index is 11.8. The summed E-state index contributed by atoms with van der Waals surface area (Å²) in [5.74, 6) is 0.914. The number of hydroxylamine groups is 2. The summed E-state index contributed by atoms with van der Waals surface area (Å²) in [5.41, 5.74) is 3.34. The van der Waals surface area contributed by atoms with Gasteiger partial charge in [0.15, 0.2) is 5.16 Å². The van der Waals surface area contributed by atoms with E-state index in [0.717, 1.165) is 17.1 Å². The second-order valence-electron chi connectivity index (χ2n) is 5.02. The van der Waals surface area contributed by atoms with Crippen LogP contribution in [0.1, 0.15) is 17.0 Å². The quantitative estimate of drug-likeness (QED) is 0.625. The third-order valence-electron chi connectivity index (χ3n) is 3.35. The number of aromatic nitrogens is 3. The lowest BCUT2D eigenvalue weighted by Gasteiger charge is -2.14. The van der Waals surface area contributed by atoms with E-state index in [1.165, 1.54) is 29.5 Å². The summed E-state index contributed by atoms with van der Waals surface area (Å²) in [6.07, 6.45) is 0. The number of aryl methyl sites for hydroxylation is 3. The molecule has 1 aromatic heterocycles. The van der Waals surface area contributed by atoms with Gasteiger partial charge in [0.25, 0.3) is 5.91 Å². The van der Waals surface area contributed by atoms with Gasteiger partial charge in [-0.15, -0.1) is 10.2 Å². The highest BCUT2D eigenvalue weighted by Crippen LogP contribution is 2.25. The molecule has 0 saturated carbocycles. The Morgan fingerprint density at radius 3 is 2.73 bits per heavy atom. The molecule has 0 N–H and O–H groups in total. The highest BCUT2D eigenvalue weighted by molar-refractivity contribution is 7.99. The molecule has 0 aliphatic rings. The van der Waals surface area contributed by atoms with Crippen LogP contribution in [-0.4, -0.2) is 45.6 Å². The SMILES string of the molecule is CON(C)C(=O)CSc1nnc(C)n1-c1cc(C)ccc1C. The molecule has 7 heteroatoms. The van der Waals surface area contributed by atoms with Crippen molar-refractivity contribution in [2.24, 2.45) is 0 Å². The first kappa shape index (κ1) is 16.5. The molecule has 1 aromatic carbocycles. The number of rotatable bonds is 5. The number of thioether (sulfide) groups is 1. The molecule has 0 aliphatic carbocycles. The van der Waals surface area contributed by atoms with Gasteiger partial charge in [0.2, 0.25) is 0 Å². The lowest BCUT2D eigenvalue weighted by atomic mass is 10.1. The minimum absolute atomic E-state index is 0.124. The molecule has 2 rings (SSSR count). The second kappa shape index (κ2) is 6.93. The van der Waals surface area contributed by atoms with Crippen LogP contribution in [0.25, 0.3) is 5.69 Å². The van der Waals surface area contributed by atoms with E-state index in [1.807, 2.05) is 25.3 Å². The van der Waals surface area contributed by atoms with Gasteiger partial charge in [-0.25, -0.2) is 5.06 Å². The lowest BCUT2D eigenvalue weighted by molar-refractivity contribution is -0.165. The Kier molecular flexibility index (Phi) is 5.20. The van der Waals surface area contributed by atoms with Crippen LogP contribution in [0.3, 0.4) is 0 Å². The molecule has 0 fully saturated rings. The summed E-state index contributed by atoms with van der Waals surface area (Å²) < 4.78 is 1.98. The number of hydrogen-bond donors (Lipinski definition) is 0. The van der Waals surface area contributed by atoms with Crippen molar-refractivity contribution in [2.75, 3.05) is 19.9 Å². The molecule has 0 bridgehead atoms. The van der Waals surface area contributed by atoms with E-state index in [9.17, 15) is 4.79 Å². The molecule has 22 heavy (non-hydrogen) atoms. The fourth-order valence-electron chi connectivity index (χ4n) is 1.99. The largest absolute Gasteiger partial charge is 0.275 e. The van der Waals surface area contributed by atoms with Crippen LogP contribution in [0.2, 0.25) is 0 Å². The van der Waals surface area contributed by atoms with Gasteiger partial charge in [0, 0.05) is 7.05 Å². The summed E-state index contributed by atoms with van der Waals surface area (Å²) in [5, 5.41) is 10.2. The van der Waals surface area contributed by atoms with E-state index in [0.29, 0.717) is 5.16 Å². The van der Waals surface area contributed by atoms with Gasteiger partial charge in [-0.1, -0.05) is 23.9 Å². The smallest absolute Gasteiger partial charge is 0.256 e. The third-order valence-corrected chi connectivity index (χ3v) is 4.26. The first-order valence-corrected chi connectivity index (χ1v) is 7.85. The summed E-state index contributed by atoms with van der Waals surface area (Å²) in [6.45, 7) is 6.00. The highest BCUT2D eigenvalue weighted by atomic mass is 32.2. The van der Waals surface area contributed by atoms with E-state index in [2.05, 4.69) is 28.4 Å². The molecule has 0 radical (unpaired) electrons. The molecule has 2 aromatic rings. The molecular formula is C15H20N4O2S. The normalized spacial score (nSPS) is 10.8. The van der Waals surface area contributed by atoms with E-state index in [4.69, 9.17) is 4.84 Å². The third kappa shape index (κ3) is 3.48. The maximum Gasteiger partial charge on any atom is 0.256 e. The van der Waals surface area contributed by atoms with E-state index in [1.54, 1.807) is 7.05 Å². The highest BCUT2D eigenvalue weighted by Gasteiger charge is 2.16. The minimum Gasteiger partial charge on any atom is -0.275 e. The van der Waals surface area contributed by atoms with Crippen molar-refractivity contribution in [3.63, 3.8) is 0 Å². The first-order valence-electron chi connectivity index (χ1n) is 6.87. The fraction of sp³-hybridized carbons (Fsp3) is 0.400. The summed E-state index contributed by atoms with van der Waals surface area (Å²) >= 11 is 1.35. The van der Waals surface area contributed by atoms with Crippen molar-refractivity contribution in [2.45, 2.75) is 25.9 Å². The first-order chi connectivity index (χ1) is 10.4. The molecule has 118 valence electrons. The number of hydrogen-bond acceptors (Lipinski definition) is 5. The predicted octanol–water partition coefficient (Wildman–Crippen LogP) is 2.30. The number of amides is 1. The Labute approximate surface area is 134 Å². The van der Waals surface area contributed by atoms with Crippen molar-refractivity contribution in [1.82, 2.24) is 19.8 Å². The molecule has 0 unspecified atom stereocenters. The maximum atomic E-state index is 11.8.